The van der Waals surface area contributed by atoms with Crippen molar-refractivity contribution in [2.75, 3.05) is 61.0 Å². The predicted molar refractivity (Wildman–Crippen MR) is 74.1 cm³/mol. The molecular formula is C12H25N3O3S. The topological polar surface area (TPSA) is 53.1 Å². The van der Waals surface area contributed by atoms with Crippen molar-refractivity contribution >= 4 is 10.2 Å². The highest BCUT2D eigenvalue weighted by Crippen LogP contribution is 2.44. The van der Waals surface area contributed by atoms with Crippen LogP contribution in [0.4, 0.5) is 0 Å². The number of rotatable bonds is 4. The molecule has 2 saturated heterocycles. The van der Waals surface area contributed by atoms with Gasteiger partial charge in [0.05, 0.1) is 6.61 Å². The van der Waals surface area contributed by atoms with Crippen LogP contribution in [0.2, 0.25) is 0 Å². The second kappa shape index (κ2) is 5.29. The lowest BCUT2D eigenvalue weighted by atomic mass is 9.78. The summed E-state index contributed by atoms with van der Waals surface area (Å²) in [5.74, 6) is 0.421. The van der Waals surface area contributed by atoms with E-state index in [2.05, 4.69) is 11.9 Å². The maximum Gasteiger partial charge on any atom is 0.281 e. The number of nitrogens with zero attached hydrogens (tertiary/aromatic N) is 3. The smallest absolute Gasteiger partial charge is 0.281 e. The number of hydrogen-bond acceptors (Lipinski definition) is 4. The first-order valence-electron chi connectivity index (χ1n) is 6.67. The van der Waals surface area contributed by atoms with Crippen LogP contribution in [0, 0.1) is 11.3 Å². The van der Waals surface area contributed by atoms with Gasteiger partial charge in [0, 0.05) is 58.7 Å². The Morgan fingerprint density at radius 3 is 2.63 bits per heavy atom. The van der Waals surface area contributed by atoms with Crippen LogP contribution in [0.3, 0.4) is 0 Å². The molecule has 2 aliphatic heterocycles. The van der Waals surface area contributed by atoms with Gasteiger partial charge in [-0.3, -0.25) is 0 Å². The maximum absolute atomic E-state index is 12.2. The normalized spacial score (nSPS) is 33.8. The Bertz CT molecular complexity index is 426. The van der Waals surface area contributed by atoms with Crippen LogP contribution in [0.25, 0.3) is 0 Å². The van der Waals surface area contributed by atoms with Crippen molar-refractivity contribution in [3.8, 4) is 0 Å². The first kappa shape index (κ1) is 15.2. The monoisotopic (exact) mass is 291 g/mol. The summed E-state index contributed by atoms with van der Waals surface area (Å²) in [4.78, 5) is 2.29. The van der Waals surface area contributed by atoms with Crippen LogP contribution in [0.5, 0.6) is 0 Å². The molecule has 0 aliphatic carbocycles. The highest BCUT2D eigenvalue weighted by Gasteiger charge is 2.51. The molecule has 0 aromatic carbocycles. The van der Waals surface area contributed by atoms with Crippen LogP contribution < -0.4 is 0 Å². The minimum atomic E-state index is -3.29. The lowest BCUT2D eigenvalue weighted by molar-refractivity contribution is 0.100. The molecule has 112 valence electrons. The zero-order valence-electron chi connectivity index (χ0n) is 12.3. The number of hydrogen-bond donors (Lipinski definition) is 0. The third-order valence-corrected chi connectivity index (χ3v) is 6.38. The van der Waals surface area contributed by atoms with Gasteiger partial charge in [-0.1, -0.05) is 0 Å². The summed E-state index contributed by atoms with van der Waals surface area (Å²) < 4.78 is 32.7. The predicted octanol–water partition coefficient (Wildman–Crippen LogP) is -0.307. The van der Waals surface area contributed by atoms with E-state index in [1.165, 1.54) is 4.31 Å². The molecule has 0 unspecified atom stereocenters. The minimum absolute atomic E-state index is 0.0633. The number of ether oxygens (including phenoxy) is 1. The molecule has 6 nitrogen and oxygen atoms in total. The molecule has 2 aliphatic rings. The van der Waals surface area contributed by atoms with Crippen molar-refractivity contribution in [2.45, 2.75) is 6.42 Å². The van der Waals surface area contributed by atoms with Gasteiger partial charge in [0.15, 0.2) is 0 Å². The molecule has 2 rings (SSSR count). The van der Waals surface area contributed by atoms with E-state index in [1.807, 2.05) is 0 Å². The minimum Gasteiger partial charge on any atom is -0.384 e. The molecule has 2 heterocycles. The average Bonchev–Trinajstić information content (AvgIpc) is 2.86. The summed E-state index contributed by atoms with van der Waals surface area (Å²) in [6.07, 6.45) is 0.929. The molecular weight excluding hydrogens is 266 g/mol. The fraction of sp³-hybridized carbons (Fsp3) is 1.00. The van der Waals surface area contributed by atoms with Gasteiger partial charge in [0.25, 0.3) is 10.2 Å². The van der Waals surface area contributed by atoms with E-state index in [9.17, 15) is 8.42 Å². The number of methoxy groups -OCH3 is 1. The third kappa shape index (κ3) is 2.67. The summed E-state index contributed by atoms with van der Waals surface area (Å²) >= 11 is 0. The first-order valence-corrected chi connectivity index (χ1v) is 8.06. The molecule has 0 saturated carbocycles. The summed E-state index contributed by atoms with van der Waals surface area (Å²) in [5.41, 5.74) is 0.0633. The largest absolute Gasteiger partial charge is 0.384 e. The van der Waals surface area contributed by atoms with E-state index >= 15 is 0 Å². The molecule has 0 bridgehead atoms. The SMILES string of the molecule is COC[C@H]1CN(C)C[C@@]12CCN(S(=O)(=O)N(C)C)C2. The van der Waals surface area contributed by atoms with Gasteiger partial charge >= 0.3 is 0 Å². The Labute approximate surface area is 116 Å². The third-order valence-electron chi connectivity index (χ3n) is 4.49. The van der Waals surface area contributed by atoms with Crippen LogP contribution in [0.1, 0.15) is 6.42 Å². The molecule has 1 spiro atoms. The van der Waals surface area contributed by atoms with Crippen molar-refractivity contribution in [1.29, 1.82) is 0 Å². The van der Waals surface area contributed by atoms with Gasteiger partial charge in [0.1, 0.15) is 0 Å². The summed E-state index contributed by atoms with van der Waals surface area (Å²) in [5, 5.41) is 0. The van der Waals surface area contributed by atoms with Crippen molar-refractivity contribution in [1.82, 2.24) is 13.5 Å². The maximum atomic E-state index is 12.2. The Balaban J connectivity index is 2.16. The fourth-order valence-corrected chi connectivity index (χ4v) is 4.68. The molecule has 19 heavy (non-hydrogen) atoms. The van der Waals surface area contributed by atoms with Crippen molar-refractivity contribution in [3.63, 3.8) is 0 Å². The van der Waals surface area contributed by atoms with Crippen molar-refractivity contribution < 1.29 is 13.2 Å². The van der Waals surface area contributed by atoms with Crippen LogP contribution in [0.15, 0.2) is 0 Å². The molecule has 0 radical (unpaired) electrons. The molecule has 2 atom stereocenters. The van der Waals surface area contributed by atoms with Gasteiger partial charge in [-0.05, 0) is 13.5 Å². The zero-order chi connectivity index (χ0) is 14.3. The van der Waals surface area contributed by atoms with Crippen LogP contribution >= 0.6 is 0 Å². The van der Waals surface area contributed by atoms with Gasteiger partial charge in [-0.25, -0.2) is 0 Å². The number of likely N-dealkylation sites (tertiary alicyclic amines) is 1. The van der Waals surface area contributed by atoms with Gasteiger partial charge in [-0.15, -0.1) is 0 Å². The highest BCUT2D eigenvalue weighted by molar-refractivity contribution is 7.86. The fourth-order valence-electron chi connectivity index (χ4n) is 3.48. The summed E-state index contributed by atoms with van der Waals surface area (Å²) in [6.45, 7) is 3.89. The van der Waals surface area contributed by atoms with Gasteiger partial charge in [0.2, 0.25) is 0 Å². The quantitative estimate of drug-likeness (QED) is 0.713. The van der Waals surface area contributed by atoms with Crippen LogP contribution in [-0.4, -0.2) is 83.0 Å². The second-order valence-corrected chi connectivity index (χ2v) is 8.23. The van der Waals surface area contributed by atoms with E-state index in [4.69, 9.17) is 4.74 Å². The van der Waals surface area contributed by atoms with Crippen molar-refractivity contribution in [2.24, 2.45) is 11.3 Å². The van der Waals surface area contributed by atoms with Gasteiger partial charge < -0.3 is 9.64 Å². The molecule has 2 fully saturated rings. The molecule has 0 aromatic rings. The Hall–Kier alpha value is -0.210. The molecule has 0 N–H and O–H groups in total. The zero-order valence-corrected chi connectivity index (χ0v) is 13.1. The van der Waals surface area contributed by atoms with Crippen molar-refractivity contribution in [3.05, 3.63) is 0 Å². The second-order valence-electron chi connectivity index (χ2n) is 6.09. The van der Waals surface area contributed by atoms with E-state index in [0.717, 1.165) is 19.5 Å². The standard InChI is InChI=1S/C12H25N3O3S/c1-13(2)19(16,17)15-6-5-12(10-15)9-14(3)7-11(12)8-18-4/h11H,5-10H2,1-4H3/t11-,12-/m1/s1. The van der Waals surface area contributed by atoms with Crippen LogP contribution in [-0.2, 0) is 14.9 Å². The molecule has 0 amide bonds. The lowest BCUT2D eigenvalue weighted by Crippen LogP contribution is -2.42. The molecule has 0 aromatic heterocycles. The Kier molecular flexibility index (Phi) is 4.23. The summed E-state index contributed by atoms with van der Waals surface area (Å²) in [7, 11) is 3.71. The lowest BCUT2D eigenvalue weighted by Gasteiger charge is -2.30. The Morgan fingerprint density at radius 2 is 2.05 bits per heavy atom. The van der Waals surface area contributed by atoms with E-state index in [0.29, 0.717) is 25.6 Å². The Morgan fingerprint density at radius 1 is 1.37 bits per heavy atom. The van der Waals surface area contributed by atoms with E-state index < -0.39 is 10.2 Å². The average molecular weight is 291 g/mol. The van der Waals surface area contributed by atoms with E-state index in [1.54, 1.807) is 25.5 Å². The highest BCUT2D eigenvalue weighted by atomic mass is 32.2. The van der Waals surface area contributed by atoms with E-state index in [-0.39, 0.29) is 5.41 Å². The molecule has 7 heteroatoms. The first-order chi connectivity index (χ1) is 8.82. The van der Waals surface area contributed by atoms with Gasteiger partial charge in [-0.2, -0.15) is 17.0 Å². The summed E-state index contributed by atoms with van der Waals surface area (Å²) in [6, 6.07) is 0.